The molecular weight excluding hydrogens is 220 g/mol. The Morgan fingerprint density at radius 2 is 2.06 bits per heavy atom. The summed E-state index contributed by atoms with van der Waals surface area (Å²) in [6, 6.07) is 3.53. The highest BCUT2D eigenvalue weighted by Gasteiger charge is 2.20. The van der Waals surface area contributed by atoms with E-state index in [-0.39, 0.29) is 0 Å². The van der Waals surface area contributed by atoms with Crippen molar-refractivity contribution in [2.75, 3.05) is 5.32 Å². The minimum atomic E-state index is -1.09. The van der Waals surface area contributed by atoms with Crippen molar-refractivity contribution < 1.29 is 14.7 Å². The van der Waals surface area contributed by atoms with Crippen LogP contribution in [0.15, 0.2) is 18.3 Å². The van der Waals surface area contributed by atoms with Gasteiger partial charge in [-0.15, -0.1) is 0 Å². The molecule has 0 radical (unpaired) electrons. The number of amides is 1. The molecule has 1 aliphatic carbocycles. The molecule has 1 saturated carbocycles. The average molecular weight is 234 g/mol. The van der Waals surface area contributed by atoms with Gasteiger partial charge in [0.2, 0.25) is 0 Å². The lowest BCUT2D eigenvalue weighted by atomic mass is 9.86. The van der Waals surface area contributed by atoms with E-state index in [0.29, 0.717) is 30.2 Å². The predicted octanol–water partition coefficient (Wildman–Crippen LogP) is 2.40. The number of ketones is 1. The van der Waals surface area contributed by atoms with Crippen molar-refractivity contribution in [2.24, 2.45) is 0 Å². The molecule has 0 spiro atoms. The molecule has 1 heterocycles. The van der Waals surface area contributed by atoms with E-state index in [4.69, 9.17) is 5.11 Å². The summed E-state index contributed by atoms with van der Waals surface area (Å²) < 4.78 is 0. The number of carbonyl (C=O) groups excluding carboxylic acids is 1. The first kappa shape index (κ1) is 11.6. The number of anilines is 1. The van der Waals surface area contributed by atoms with Crippen molar-refractivity contribution in [3.05, 3.63) is 24.0 Å². The Morgan fingerprint density at radius 1 is 1.35 bits per heavy atom. The zero-order valence-electron chi connectivity index (χ0n) is 9.35. The Bertz CT molecular complexity index is 418. The van der Waals surface area contributed by atoms with Crippen LogP contribution in [0.5, 0.6) is 0 Å². The van der Waals surface area contributed by atoms with Crippen LogP contribution < -0.4 is 5.32 Å². The second kappa shape index (κ2) is 4.95. The van der Waals surface area contributed by atoms with Gasteiger partial charge in [0.05, 0.1) is 11.9 Å². The fourth-order valence-corrected chi connectivity index (χ4v) is 2.08. The number of hydrogen-bond acceptors (Lipinski definition) is 3. The maximum Gasteiger partial charge on any atom is 0.409 e. The SMILES string of the molecule is O=C1CCC(c2ccc(NC(=O)O)cn2)CC1. The first-order chi connectivity index (χ1) is 8.15. The van der Waals surface area contributed by atoms with Gasteiger partial charge in [-0.05, 0) is 25.0 Å². The molecule has 1 aromatic rings. The normalized spacial score (nSPS) is 16.8. The Morgan fingerprint density at radius 3 is 2.59 bits per heavy atom. The van der Waals surface area contributed by atoms with Crippen LogP contribution in [-0.2, 0) is 4.79 Å². The van der Waals surface area contributed by atoms with E-state index in [1.54, 1.807) is 6.07 Å². The van der Waals surface area contributed by atoms with Crippen molar-refractivity contribution in [3.8, 4) is 0 Å². The van der Waals surface area contributed by atoms with Gasteiger partial charge in [-0.25, -0.2) is 4.79 Å². The molecule has 0 unspecified atom stereocenters. The van der Waals surface area contributed by atoms with E-state index in [1.165, 1.54) is 6.20 Å². The van der Waals surface area contributed by atoms with Crippen LogP contribution in [0.1, 0.15) is 37.3 Å². The average Bonchev–Trinajstić information content (AvgIpc) is 2.30. The van der Waals surface area contributed by atoms with Gasteiger partial charge in [0, 0.05) is 24.5 Å². The number of pyridine rings is 1. The maximum atomic E-state index is 11.1. The third kappa shape index (κ3) is 3.03. The van der Waals surface area contributed by atoms with Crippen LogP contribution in [0.2, 0.25) is 0 Å². The third-order valence-corrected chi connectivity index (χ3v) is 3.00. The van der Waals surface area contributed by atoms with E-state index < -0.39 is 6.09 Å². The number of rotatable bonds is 2. The number of Topliss-reactive ketones (excluding diaryl/α,β-unsaturated/α-hetero) is 1. The second-order valence-electron chi connectivity index (χ2n) is 4.21. The molecule has 5 heteroatoms. The van der Waals surface area contributed by atoms with Crippen molar-refractivity contribution >= 4 is 17.6 Å². The molecule has 0 aliphatic heterocycles. The van der Waals surface area contributed by atoms with E-state index in [2.05, 4.69) is 10.3 Å². The molecule has 0 bridgehead atoms. The Balaban J connectivity index is 2.02. The Kier molecular flexibility index (Phi) is 3.37. The molecule has 90 valence electrons. The Labute approximate surface area is 98.9 Å². The third-order valence-electron chi connectivity index (χ3n) is 3.00. The molecule has 0 atom stereocenters. The van der Waals surface area contributed by atoms with Crippen LogP contribution in [0, 0.1) is 0 Å². The zero-order chi connectivity index (χ0) is 12.3. The molecule has 5 nitrogen and oxygen atoms in total. The molecule has 2 N–H and O–H groups in total. The number of carbonyl (C=O) groups is 2. The molecule has 1 amide bonds. The highest BCUT2D eigenvalue weighted by molar-refractivity contribution is 5.82. The fraction of sp³-hybridized carbons (Fsp3) is 0.417. The van der Waals surface area contributed by atoms with Gasteiger partial charge in [0.1, 0.15) is 5.78 Å². The molecule has 0 aromatic carbocycles. The quantitative estimate of drug-likeness (QED) is 0.823. The minimum Gasteiger partial charge on any atom is -0.465 e. The standard InChI is InChI=1S/C12H14N2O3/c15-10-4-1-8(2-5-10)11-6-3-9(7-13-11)14-12(16)17/h3,6-8,14H,1-2,4-5H2,(H,16,17). The summed E-state index contributed by atoms with van der Waals surface area (Å²) in [5, 5.41) is 10.8. The summed E-state index contributed by atoms with van der Waals surface area (Å²) in [5.41, 5.74) is 1.40. The summed E-state index contributed by atoms with van der Waals surface area (Å²) in [7, 11) is 0. The zero-order valence-corrected chi connectivity index (χ0v) is 9.35. The van der Waals surface area contributed by atoms with Crippen molar-refractivity contribution in [1.82, 2.24) is 4.98 Å². The number of aromatic nitrogens is 1. The van der Waals surface area contributed by atoms with Crippen LogP contribution in [0.25, 0.3) is 0 Å². The van der Waals surface area contributed by atoms with Gasteiger partial charge in [-0.1, -0.05) is 0 Å². The highest BCUT2D eigenvalue weighted by atomic mass is 16.4. The lowest BCUT2D eigenvalue weighted by Crippen LogP contribution is -2.13. The highest BCUT2D eigenvalue weighted by Crippen LogP contribution is 2.30. The summed E-state index contributed by atoms with van der Waals surface area (Å²) in [6.45, 7) is 0. The van der Waals surface area contributed by atoms with E-state index in [1.807, 2.05) is 6.07 Å². The van der Waals surface area contributed by atoms with E-state index in [0.717, 1.165) is 18.5 Å². The van der Waals surface area contributed by atoms with Gasteiger partial charge >= 0.3 is 6.09 Å². The summed E-state index contributed by atoms with van der Waals surface area (Å²) in [5.74, 6) is 0.650. The van der Waals surface area contributed by atoms with Crippen molar-refractivity contribution in [2.45, 2.75) is 31.6 Å². The number of carboxylic acid groups (broad SMARTS) is 1. The number of nitrogens with zero attached hydrogens (tertiary/aromatic N) is 1. The number of hydrogen-bond donors (Lipinski definition) is 2. The van der Waals surface area contributed by atoms with Gasteiger partial charge in [0.15, 0.2) is 0 Å². The first-order valence-corrected chi connectivity index (χ1v) is 5.63. The van der Waals surface area contributed by atoms with Crippen molar-refractivity contribution in [3.63, 3.8) is 0 Å². The van der Waals surface area contributed by atoms with Crippen LogP contribution >= 0.6 is 0 Å². The van der Waals surface area contributed by atoms with Crippen LogP contribution in [-0.4, -0.2) is 22.0 Å². The second-order valence-corrected chi connectivity index (χ2v) is 4.21. The molecule has 1 fully saturated rings. The fourth-order valence-electron chi connectivity index (χ4n) is 2.08. The summed E-state index contributed by atoms with van der Waals surface area (Å²) in [4.78, 5) is 25.8. The van der Waals surface area contributed by atoms with Crippen LogP contribution in [0.4, 0.5) is 10.5 Å². The first-order valence-electron chi connectivity index (χ1n) is 5.63. The predicted molar refractivity (Wildman–Crippen MR) is 62.1 cm³/mol. The summed E-state index contributed by atoms with van der Waals surface area (Å²) in [6.07, 6.45) is 3.36. The monoisotopic (exact) mass is 234 g/mol. The molecular formula is C12H14N2O3. The largest absolute Gasteiger partial charge is 0.465 e. The topological polar surface area (TPSA) is 79.3 Å². The molecule has 2 rings (SSSR count). The molecule has 1 aliphatic rings. The van der Waals surface area contributed by atoms with Crippen LogP contribution in [0.3, 0.4) is 0 Å². The van der Waals surface area contributed by atoms with E-state index >= 15 is 0 Å². The van der Waals surface area contributed by atoms with Gasteiger partial charge in [-0.2, -0.15) is 0 Å². The lowest BCUT2D eigenvalue weighted by molar-refractivity contribution is -0.120. The van der Waals surface area contributed by atoms with Gasteiger partial charge < -0.3 is 5.11 Å². The maximum absolute atomic E-state index is 11.1. The van der Waals surface area contributed by atoms with E-state index in [9.17, 15) is 9.59 Å². The molecule has 0 saturated heterocycles. The smallest absolute Gasteiger partial charge is 0.409 e. The van der Waals surface area contributed by atoms with Gasteiger partial charge in [0.25, 0.3) is 0 Å². The lowest BCUT2D eigenvalue weighted by Gasteiger charge is -2.20. The number of nitrogens with one attached hydrogen (secondary N) is 1. The van der Waals surface area contributed by atoms with Gasteiger partial charge in [-0.3, -0.25) is 15.1 Å². The van der Waals surface area contributed by atoms with Crippen molar-refractivity contribution in [1.29, 1.82) is 0 Å². The molecule has 17 heavy (non-hydrogen) atoms. The Hall–Kier alpha value is -1.91. The molecule has 1 aromatic heterocycles. The minimum absolute atomic E-state index is 0.324. The summed E-state index contributed by atoms with van der Waals surface area (Å²) >= 11 is 0.